The van der Waals surface area contributed by atoms with Gasteiger partial charge in [-0.1, -0.05) is 23.7 Å². The van der Waals surface area contributed by atoms with Crippen LogP contribution in [0.5, 0.6) is 0 Å². The summed E-state index contributed by atoms with van der Waals surface area (Å²) < 4.78 is 1.64. The van der Waals surface area contributed by atoms with Crippen molar-refractivity contribution in [1.29, 1.82) is 0 Å². The van der Waals surface area contributed by atoms with Crippen LogP contribution in [0.1, 0.15) is 16.8 Å². The van der Waals surface area contributed by atoms with Gasteiger partial charge in [0.15, 0.2) is 5.78 Å². The lowest BCUT2D eigenvalue weighted by atomic mass is 10.1. The number of nitrogen functional groups attached to an aromatic ring is 1. The topological polar surface area (TPSA) is 93.3 Å². The number of halogens is 1. The molecule has 0 saturated carbocycles. The summed E-state index contributed by atoms with van der Waals surface area (Å²) in [6.07, 6.45) is 3.12. The van der Waals surface area contributed by atoms with Crippen LogP contribution in [0.2, 0.25) is 5.02 Å². The summed E-state index contributed by atoms with van der Waals surface area (Å²) in [5.74, 6) is -0.768. The van der Waals surface area contributed by atoms with E-state index < -0.39 is 5.91 Å². The monoisotopic (exact) mass is 397 g/mol. The third-order valence-corrected chi connectivity index (χ3v) is 4.44. The molecular weight excluding hydrogens is 378 g/mol. The van der Waals surface area contributed by atoms with Gasteiger partial charge in [0.2, 0.25) is 5.91 Å². The van der Waals surface area contributed by atoms with Crippen LogP contribution >= 0.6 is 11.6 Å². The van der Waals surface area contributed by atoms with Crippen LogP contribution in [0.15, 0.2) is 54.9 Å². The molecule has 0 atom stereocenters. The minimum absolute atomic E-state index is 0.305. The number of amides is 1. The molecule has 3 N–H and O–H groups in total. The van der Waals surface area contributed by atoms with Crippen LogP contribution in [0, 0.1) is 0 Å². The van der Waals surface area contributed by atoms with Crippen molar-refractivity contribution >= 4 is 40.4 Å². The minimum atomic E-state index is -0.463. The number of nitrogens with zero attached hydrogens (tertiary/aromatic N) is 3. The summed E-state index contributed by atoms with van der Waals surface area (Å²) in [4.78, 5) is 26.7. The lowest BCUT2D eigenvalue weighted by molar-refractivity contribution is -0.115. The van der Waals surface area contributed by atoms with Crippen LogP contribution in [0.4, 0.5) is 17.1 Å². The lowest BCUT2D eigenvalue weighted by Gasteiger charge is -2.17. The molecule has 1 amide bonds. The number of anilines is 3. The van der Waals surface area contributed by atoms with Crippen molar-refractivity contribution in [1.82, 2.24) is 9.78 Å². The van der Waals surface area contributed by atoms with Crippen LogP contribution < -0.4 is 16.0 Å². The van der Waals surface area contributed by atoms with Crippen molar-refractivity contribution in [2.75, 3.05) is 30.0 Å². The SMILES string of the molecule is CN(C)c1cc(N)c(NC(=O)CC(=O)c2cccc(-n3cccn3)c2)cc1Cl. The maximum absolute atomic E-state index is 12.5. The Morgan fingerprint density at radius 2 is 2.00 bits per heavy atom. The average molecular weight is 398 g/mol. The number of nitrogens with two attached hydrogens (primary N) is 1. The molecule has 1 aromatic heterocycles. The summed E-state index contributed by atoms with van der Waals surface area (Å²) in [5.41, 5.74) is 8.65. The molecule has 0 aliphatic rings. The Kier molecular flexibility index (Phi) is 5.65. The van der Waals surface area contributed by atoms with Crippen molar-refractivity contribution < 1.29 is 9.59 Å². The number of aromatic nitrogens is 2. The molecule has 3 aromatic rings. The molecule has 144 valence electrons. The fraction of sp³-hybridized carbons (Fsp3) is 0.150. The van der Waals surface area contributed by atoms with Crippen LogP contribution in [0.3, 0.4) is 0 Å². The fourth-order valence-electron chi connectivity index (χ4n) is 2.71. The van der Waals surface area contributed by atoms with Crippen molar-refractivity contribution in [3.63, 3.8) is 0 Å². The molecule has 0 bridgehead atoms. The third kappa shape index (κ3) is 4.32. The van der Waals surface area contributed by atoms with E-state index >= 15 is 0 Å². The number of hydrogen-bond acceptors (Lipinski definition) is 5. The van der Waals surface area contributed by atoms with Gasteiger partial charge in [-0.25, -0.2) is 4.68 Å². The van der Waals surface area contributed by atoms with Gasteiger partial charge in [-0.2, -0.15) is 5.10 Å². The number of nitrogens with one attached hydrogen (secondary N) is 1. The Morgan fingerprint density at radius 3 is 2.68 bits per heavy atom. The van der Waals surface area contributed by atoms with E-state index in [9.17, 15) is 9.59 Å². The molecule has 0 saturated heterocycles. The Balaban J connectivity index is 1.71. The zero-order valence-electron chi connectivity index (χ0n) is 15.5. The van der Waals surface area contributed by atoms with E-state index in [0.717, 1.165) is 11.4 Å². The Labute approximate surface area is 167 Å². The first kappa shape index (κ1) is 19.4. The Morgan fingerprint density at radius 1 is 1.21 bits per heavy atom. The molecule has 0 radical (unpaired) electrons. The predicted octanol–water partition coefficient (Wildman–Crippen LogP) is 3.39. The number of rotatable bonds is 6. The summed E-state index contributed by atoms with van der Waals surface area (Å²) in [6.45, 7) is 0. The number of Topliss-reactive ketones (excluding diaryl/α,β-unsaturated/α-hetero) is 1. The second-order valence-corrected chi connectivity index (χ2v) is 6.84. The van der Waals surface area contributed by atoms with E-state index in [4.69, 9.17) is 17.3 Å². The van der Waals surface area contributed by atoms with Gasteiger partial charge < -0.3 is 16.0 Å². The predicted molar refractivity (Wildman–Crippen MR) is 111 cm³/mol. The molecule has 0 spiro atoms. The van der Waals surface area contributed by atoms with Gasteiger partial charge in [0.25, 0.3) is 0 Å². The molecule has 7 nitrogen and oxygen atoms in total. The van der Waals surface area contributed by atoms with Crippen LogP contribution in [-0.4, -0.2) is 35.6 Å². The van der Waals surface area contributed by atoms with E-state index in [0.29, 0.717) is 22.0 Å². The normalized spacial score (nSPS) is 10.5. The van der Waals surface area contributed by atoms with Crippen molar-refractivity contribution in [3.8, 4) is 5.69 Å². The molecule has 3 rings (SSSR count). The van der Waals surface area contributed by atoms with Gasteiger partial charge in [0, 0.05) is 32.1 Å². The second-order valence-electron chi connectivity index (χ2n) is 6.43. The zero-order chi connectivity index (χ0) is 20.3. The molecule has 2 aromatic carbocycles. The number of benzene rings is 2. The largest absolute Gasteiger partial charge is 0.397 e. The highest BCUT2D eigenvalue weighted by atomic mass is 35.5. The highest BCUT2D eigenvalue weighted by Gasteiger charge is 2.15. The first-order chi connectivity index (χ1) is 13.3. The molecule has 1 heterocycles. The maximum atomic E-state index is 12.5. The summed E-state index contributed by atoms with van der Waals surface area (Å²) in [7, 11) is 3.68. The van der Waals surface area contributed by atoms with E-state index in [1.165, 1.54) is 0 Å². The Bertz CT molecular complexity index is 1020. The van der Waals surface area contributed by atoms with Crippen molar-refractivity contribution in [2.45, 2.75) is 6.42 Å². The number of carbonyl (C=O) groups excluding carboxylic acids is 2. The summed E-state index contributed by atoms with van der Waals surface area (Å²) in [6, 6.07) is 12.0. The molecular formula is C20H20ClN5O2. The third-order valence-electron chi connectivity index (χ3n) is 4.13. The first-order valence-electron chi connectivity index (χ1n) is 8.54. The van der Waals surface area contributed by atoms with Gasteiger partial charge >= 0.3 is 0 Å². The van der Waals surface area contributed by atoms with Crippen LogP contribution in [-0.2, 0) is 4.79 Å². The molecule has 0 unspecified atom stereocenters. The summed E-state index contributed by atoms with van der Waals surface area (Å²) >= 11 is 6.22. The van der Waals surface area contributed by atoms with Gasteiger partial charge in [-0.3, -0.25) is 9.59 Å². The van der Waals surface area contributed by atoms with Crippen molar-refractivity contribution in [2.24, 2.45) is 0 Å². The Hall–Kier alpha value is -3.32. The van der Waals surface area contributed by atoms with Gasteiger partial charge in [-0.15, -0.1) is 0 Å². The second kappa shape index (κ2) is 8.14. The van der Waals surface area contributed by atoms with E-state index in [2.05, 4.69) is 10.4 Å². The standard InChI is InChI=1S/C20H20ClN5O2/c1-25(2)18-11-16(22)17(10-15(18)21)24-20(28)12-19(27)13-5-3-6-14(9-13)26-8-4-7-23-26/h3-11H,12,22H2,1-2H3,(H,24,28). The van der Waals surface area contributed by atoms with E-state index in [-0.39, 0.29) is 12.2 Å². The number of hydrogen-bond donors (Lipinski definition) is 2. The highest BCUT2D eigenvalue weighted by molar-refractivity contribution is 6.34. The molecule has 0 aliphatic carbocycles. The highest BCUT2D eigenvalue weighted by Crippen LogP contribution is 2.32. The fourth-order valence-corrected chi connectivity index (χ4v) is 3.05. The summed E-state index contributed by atoms with van der Waals surface area (Å²) in [5, 5.41) is 7.24. The average Bonchev–Trinajstić information content (AvgIpc) is 3.19. The van der Waals surface area contributed by atoms with Gasteiger partial charge in [0.05, 0.1) is 34.2 Å². The van der Waals surface area contributed by atoms with E-state index in [1.54, 1.807) is 53.5 Å². The minimum Gasteiger partial charge on any atom is -0.397 e. The molecule has 28 heavy (non-hydrogen) atoms. The van der Waals surface area contributed by atoms with E-state index in [1.807, 2.05) is 25.1 Å². The van der Waals surface area contributed by atoms with Crippen LogP contribution in [0.25, 0.3) is 5.69 Å². The zero-order valence-corrected chi connectivity index (χ0v) is 16.3. The smallest absolute Gasteiger partial charge is 0.232 e. The number of ketones is 1. The molecule has 0 aliphatic heterocycles. The lowest BCUT2D eigenvalue weighted by Crippen LogP contribution is -2.18. The first-order valence-corrected chi connectivity index (χ1v) is 8.92. The number of carbonyl (C=O) groups is 2. The quantitative estimate of drug-likeness (QED) is 0.378. The van der Waals surface area contributed by atoms with Gasteiger partial charge in [-0.05, 0) is 30.3 Å². The van der Waals surface area contributed by atoms with Gasteiger partial charge in [0.1, 0.15) is 0 Å². The molecule has 0 fully saturated rings. The van der Waals surface area contributed by atoms with Crippen molar-refractivity contribution in [3.05, 3.63) is 65.4 Å². The maximum Gasteiger partial charge on any atom is 0.232 e. The molecule has 8 heteroatoms.